The molecule has 0 bridgehead atoms. The van der Waals surface area contributed by atoms with E-state index in [4.69, 9.17) is 0 Å². The van der Waals surface area contributed by atoms with Crippen LogP contribution in [0, 0.1) is 5.41 Å². The molecule has 2 heterocycles. The number of likely N-dealkylation sites (tertiary alicyclic amines) is 1. The van der Waals surface area contributed by atoms with E-state index in [1.165, 1.54) is 39.0 Å². The highest BCUT2D eigenvalue weighted by Gasteiger charge is 2.42. The lowest BCUT2D eigenvalue weighted by molar-refractivity contribution is 0.153. The summed E-state index contributed by atoms with van der Waals surface area (Å²) < 4.78 is 0. The molecule has 2 heteroatoms. The van der Waals surface area contributed by atoms with E-state index in [-0.39, 0.29) is 0 Å². The van der Waals surface area contributed by atoms with Crippen LogP contribution in [0.4, 0.5) is 0 Å². The average Bonchev–Trinajstić information content (AvgIpc) is 2.60. The fourth-order valence-corrected chi connectivity index (χ4v) is 2.65. The van der Waals surface area contributed by atoms with Crippen LogP contribution in [0.3, 0.4) is 0 Å². The molecule has 2 nitrogen and oxygen atoms in total. The second-order valence-corrected chi connectivity index (χ2v) is 5.77. The van der Waals surface area contributed by atoms with Gasteiger partial charge in [-0.15, -0.1) is 0 Å². The summed E-state index contributed by atoms with van der Waals surface area (Å²) in [6.45, 7) is 12.1. The predicted octanol–water partition coefficient (Wildman–Crippen LogP) is 1.47. The predicted molar refractivity (Wildman–Crippen MR) is 55.9 cm³/mol. The van der Waals surface area contributed by atoms with Gasteiger partial charge in [0.1, 0.15) is 0 Å². The Morgan fingerprint density at radius 3 is 2.46 bits per heavy atom. The summed E-state index contributed by atoms with van der Waals surface area (Å²) in [5.74, 6) is 0. The van der Waals surface area contributed by atoms with Crippen molar-refractivity contribution in [3.63, 3.8) is 0 Å². The van der Waals surface area contributed by atoms with Gasteiger partial charge < -0.3 is 5.32 Å². The van der Waals surface area contributed by atoms with Crippen LogP contribution in [-0.2, 0) is 0 Å². The lowest BCUT2D eigenvalue weighted by atomic mass is 9.86. The van der Waals surface area contributed by atoms with Crippen LogP contribution >= 0.6 is 0 Å². The molecule has 0 amide bonds. The molecule has 1 atom stereocenters. The quantitative estimate of drug-likeness (QED) is 0.610. The minimum atomic E-state index is 0.367. The van der Waals surface area contributed by atoms with Gasteiger partial charge in [0.15, 0.2) is 0 Å². The van der Waals surface area contributed by atoms with E-state index in [9.17, 15) is 0 Å². The van der Waals surface area contributed by atoms with Crippen LogP contribution in [0.15, 0.2) is 0 Å². The standard InChI is InChI=1S/C11H22N2/c1-10(2,3)13-7-5-11(9-13)4-6-12-8-11/h12H,4-9H2,1-3H3. The minimum Gasteiger partial charge on any atom is -0.316 e. The monoisotopic (exact) mass is 182 g/mol. The molecule has 0 aromatic rings. The highest BCUT2D eigenvalue weighted by atomic mass is 15.2. The maximum Gasteiger partial charge on any atom is 0.0125 e. The smallest absolute Gasteiger partial charge is 0.0125 e. The normalized spacial score (nSPS) is 36.2. The molecule has 1 spiro atoms. The summed E-state index contributed by atoms with van der Waals surface area (Å²) in [5.41, 5.74) is 0.999. The Morgan fingerprint density at radius 2 is 2.00 bits per heavy atom. The largest absolute Gasteiger partial charge is 0.316 e. The Hall–Kier alpha value is -0.0800. The van der Waals surface area contributed by atoms with Gasteiger partial charge in [0.2, 0.25) is 0 Å². The highest BCUT2D eigenvalue weighted by Crippen LogP contribution is 2.38. The maximum absolute atomic E-state index is 3.50. The summed E-state index contributed by atoms with van der Waals surface area (Å²) in [7, 11) is 0. The molecule has 2 rings (SSSR count). The number of hydrogen-bond acceptors (Lipinski definition) is 2. The van der Waals surface area contributed by atoms with Crippen molar-refractivity contribution in [2.45, 2.75) is 39.2 Å². The molecule has 1 unspecified atom stereocenters. The summed E-state index contributed by atoms with van der Waals surface area (Å²) in [6, 6.07) is 0. The van der Waals surface area contributed by atoms with Gasteiger partial charge in [0, 0.05) is 18.6 Å². The molecule has 2 aliphatic rings. The fraction of sp³-hybridized carbons (Fsp3) is 1.00. The van der Waals surface area contributed by atoms with Gasteiger partial charge >= 0.3 is 0 Å². The Bertz CT molecular complexity index is 187. The molecule has 2 saturated heterocycles. The molecule has 2 fully saturated rings. The lowest BCUT2D eigenvalue weighted by Crippen LogP contribution is -2.41. The highest BCUT2D eigenvalue weighted by molar-refractivity contribution is 4.98. The molecule has 0 saturated carbocycles. The van der Waals surface area contributed by atoms with Crippen LogP contribution in [0.5, 0.6) is 0 Å². The third-order valence-corrected chi connectivity index (χ3v) is 3.72. The SMILES string of the molecule is CC(C)(C)N1CCC2(CCNC2)C1. The number of rotatable bonds is 0. The van der Waals surface area contributed by atoms with Crippen LogP contribution in [0.1, 0.15) is 33.6 Å². The molecule has 0 aromatic carbocycles. The summed E-state index contributed by atoms with van der Waals surface area (Å²) >= 11 is 0. The van der Waals surface area contributed by atoms with E-state index >= 15 is 0 Å². The van der Waals surface area contributed by atoms with Gasteiger partial charge in [-0.3, -0.25) is 4.90 Å². The van der Waals surface area contributed by atoms with E-state index in [0.717, 1.165) is 0 Å². The van der Waals surface area contributed by atoms with Crippen molar-refractivity contribution in [2.75, 3.05) is 26.2 Å². The second kappa shape index (κ2) is 2.96. The molecular formula is C11H22N2. The second-order valence-electron chi connectivity index (χ2n) is 5.77. The zero-order chi connectivity index (χ0) is 9.53. The Kier molecular flexibility index (Phi) is 2.16. The number of nitrogens with one attached hydrogen (secondary N) is 1. The van der Waals surface area contributed by atoms with Crippen LogP contribution < -0.4 is 5.32 Å². The average molecular weight is 182 g/mol. The number of hydrogen-bond donors (Lipinski definition) is 1. The molecule has 13 heavy (non-hydrogen) atoms. The number of nitrogens with zero attached hydrogens (tertiary/aromatic N) is 1. The zero-order valence-electron chi connectivity index (χ0n) is 9.19. The van der Waals surface area contributed by atoms with Gasteiger partial charge in [-0.25, -0.2) is 0 Å². The summed E-state index contributed by atoms with van der Waals surface area (Å²) in [5, 5.41) is 3.50. The zero-order valence-corrected chi connectivity index (χ0v) is 9.19. The van der Waals surface area contributed by atoms with Gasteiger partial charge in [0.25, 0.3) is 0 Å². The van der Waals surface area contributed by atoms with Gasteiger partial charge in [-0.1, -0.05) is 0 Å². The Labute approximate surface area is 81.7 Å². The van der Waals surface area contributed by atoms with E-state index in [2.05, 4.69) is 31.0 Å². The molecule has 2 aliphatic heterocycles. The molecular weight excluding hydrogens is 160 g/mol. The van der Waals surface area contributed by atoms with Gasteiger partial charge in [0.05, 0.1) is 0 Å². The van der Waals surface area contributed by atoms with Crippen LogP contribution in [0.25, 0.3) is 0 Å². The van der Waals surface area contributed by atoms with Gasteiger partial charge in [-0.2, -0.15) is 0 Å². The van der Waals surface area contributed by atoms with E-state index < -0.39 is 0 Å². The molecule has 0 aromatic heterocycles. The van der Waals surface area contributed by atoms with Crippen molar-refractivity contribution in [2.24, 2.45) is 5.41 Å². The van der Waals surface area contributed by atoms with Crippen molar-refractivity contribution in [1.82, 2.24) is 10.2 Å². The molecule has 1 N–H and O–H groups in total. The van der Waals surface area contributed by atoms with Crippen molar-refractivity contribution in [1.29, 1.82) is 0 Å². The van der Waals surface area contributed by atoms with E-state index in [1.54, 1.807) is 0 Å². The van der Waals surface area contributed by atoms with Gasteiger partial charge in [-0.05, 0) is 52.1 Å². The third-order valence-electron chi connectivity index (χ3n) is 3.72. The molecule has 0 radical (unpaired) electrons. The van der Waals surface area contributed by atoms with Crippen molar-refractivity contribution in [3.05, 3.63) is 0 Å². The maximum atomic E-state index is 3.50. The van der Waals surface area contributed by atoms with Crippen molar-refractivity contribution < 1.29 is 0 Å². The Morgan fingerprint density at radius 1 is 1.23 bits per heavy atom. The third kappa shape index (κ3) is 1.75. The first kappa shape index (κ1) is 9.47. The first-order valence-electron chi connectivity index (χ1n) is 5.48. The van der Waals surface area contributed by atoms with Crippen molar-refractivity contribution in [3.8, 4) is 0 Å². The van der Waals surface area contributed by atoms with E-state index in [1.807, 2.05) is 0 Å². The van der Waals surface area contributed by atoms with Crippen LogP contribution in [0.2, 0.25) is 0 Å². The first-order valence-corrected chi connectivity index (χ1v) is 5.48. The first-order chi connectivity index (χ1) is 6.02. The minimum absolute atomic E-state index is 0.367. The topological polar surface area (TPSA) is 15.3 Å². The van der Waals surface area contributed by atoms with Crippen LogP contribution in [-0.4, -0.2) is 36.6 Å². The molecule has 76 valence electrons. The lowest BCUT2D eigenvalue weighted by Gasteiger charge is -2.33. The van der Waals surface area contributed by atoms with E-state index in [0.29, 0.717) is 11.0 Å². The fourth-order valence-electron chi connectivity index (χ4n) is 2.65. The molecule has 0 aliphatic carbocycles. The summed E-state index contributed by atoms with van der Waals surface area (Å²) in [6.07, 6.45) is 2.79. The summed E-state index contributed by atoms with van der Waals surface area (Å²) in [4.78, 5) is 2.64. The Balaban J connectivity index is 2.01. The van der Waals surface area contributed by atoms with Crippen molar-refractivity contribution >= 4 is 0 Å².